The Balaban J connectivity index is 3.39. The van der Waals surface area contributed by atoms with Crippen LogP contribution in [0.5, 0.6) is 0 Å². The Labute approximate surface area is 98.9 Å². The van der Waals surface area contributed by atoms with Crippen LogP contribution < -0.4 is 0 Å². The molecule has 2 heteroatoms. The third-order valence-corrected chi connectivity index (χ3v) is 3.89. The third kappa shape index (κ3) is 2.37. The van der Waals surface area contributed by atoms with Gasteiger partial charge in [-0.25, -0.2) is 0 Å². The van der Waals surface area contributed by atoms with Crippen molar-refractivity contribution in [2.24, 2.45) is 0 Å². The normalized spacial score (nSPS) is 13.3. The Hall–Kier alpha value is -0.470. The Kier molecular flexibility index (Phi) is 3.85. The fraction of sp³-hybridized carbons (Fsp3) is 0.538. The second kappa shape index (κ2) is 4.58. The van der Waals surface area contributed by atoms with Gasteiger partial charge in [-0.05, 0) is 69.6 Å². The molecule has 1 unspecified atom stereocenters. The minimum atomic E-state index is 0.184. The van der Waals surface area contributed by atoms with Gasteiger partial charge < -0.3 is 0 Å². The Bertz CT molecular complexity index is 343. The van der Waals surface area contributed by atoms with Crippen molar-refractivity contribution in [2.45, 2.75) is 33.1 Å². The van der Waals surface area contributed by atoms with E-state index < -0.39 is 0 Å². The topological polar surface area (TPSA) is 3.24 Å². The zero-order chi connectivity index (χ0) is 11.7. The molecule has 0 aromatic heterocycles. The summed E-state index contributed by atoms with van der Waals surface area (Å²) < 4.78 is 0. The van der Waals surface area contributed by atoms with Crippen LogP contribution >= 0.6 is 12.6 Å². The Morgan fingerprint density at radius 3 is 1.73 bits per heavy atom. The van der Waals surface area contributed by atoms with Crippen LogP contribution in [0.3, 0.4) is 0 Å². The van der Waals surface area contributed by atoms with Gasteiger partial charge in [-0.15, -0.1) is 0 Å². The molecule has 0 heterocycles. The highest BCUT2D eigenvalue weighted by molar-refractivity contribution is 7.80. The summed E-state index contributed by atoms with van der Waals surface area (Å²) in [4.78, 5) is 2.14. The molecule has 1 nitrogen and oxygen atoms in total. The number of hydrogen-bond donors (Lipinski definition) is 1. The van der Waals surface area contributed by atoms with E-state index in [1.165, 1.54) is 27.8 Å². The van der Waals surface area contributed by atoms with Crippen LogP contribution in [0.2, 0.25) is 0 Å². The van der Waals surface area contributed by atoms with Crippen molar-refractivity contribution in [3.05, 3.63) is 33.9 Å². The largest absolute Gasteiger partial charge is 0.294 e. The summed E-state index contributed by atoms with van der Waals surface area (Å²) in [5.74, 6) is 0. The molecule has 0 fully saturated rings. The van der Waals surface area contributed by atoms with Crippen LogP contribution in [0.25, 0.3) is 0 Å². The smallest absolute Gasteiger partial charge is 0.0785 e. The molecule has 0 N–H and O–H groups in total. The van der Waals surface area contributed by atoms with Gasteiger partial charge in [0, 0.05) is 0 Å². The monoisotopic (exact) mass is 223 g/mol. The summed E-state index contributed by atoms with van der Waals surface area (Å²) in [6.45, 7) is 8.70. The summed E-state index contributed by atoms with van der Waals surface area (Å²) in [6, 6.07) is 2.25. The average Bonchev–Trinajstić information content (AvgIpc) is 2.15. The molecule has 0 radical (unpaired) electrons. The van der Waals surface area contributed by atoms with Gasteiger partial charge in [0.2, 0.25) is 0 Å². The number of hydrogen-bond acceptors (Lipinski definition) is 2. The lowest BCUT2D eigenvalue weighted by Gasteiger charge is -2.25. The van der Waals surface area contributed by atoms with Gasteiger partial charge in [0.25, 0.3) is 0 Å². The SMILES string of the molecule is Cc1cc(C)c(C)c(C(S)N(C)C)c1C. The fourth-order valence-electron chi connectivity index (χ4n) is 1.89. The Morgan fingerprint density at radius 1 is 1.00 bits per heavy atom. The molecule has 15 heavy (non-hydrogen) atoms. The van der Waals surface area contributed by atoms with E-state index in [0.29, 0.717) is 0 Å². The fourth-order valence-corrected chi connectivity index (χ4v) is 2.28. The van der Waals surface area contributed by atoms with Gasteiger partial charge in [0.15, 0.2) is 0 Å². The molecular formula is C13H21NS. The maximum Gasteiger partial charge on any atom is 0.0785 e. The molecule has 0 saturated carbocycles. The van der Waals surface area contributed by atoms with Crippen molar-refractivity contribution in [1.29, 1.82) is 0 Å². The minimum absolute atomic E-state index is 0.184. The molecular weight excluding hydrogens is 202 g/mol. The van der Waals surface area contributed by atoms with E-state index in [-0.39, 0.29) is 5.37 Å². The van der Waals surface area contributed by atoms with E-state index in [2.05, 4.69) is 65.4 Å². The minimum Gasteiger partial charge on any atom is -0.294 e. The van der Waals surface area contributed by atoms with Crippen LogP contribution in [0.1, 0.15) is 33.2 Å². The van der Waals surface area contributed by atoms with E-state index in [1.54, 1.807) is 0 Å². The molecule has 1 aromatic rings. The number of nitrogens with zero attached hydrogens (tertiary/aromatic N) is 1. The van der Waals surface area contributed by atoms with E-state index in [9.17, 15) is 0 Å². The van der Waals surface area contributed by atoms with Crippen LogP contribution in [0, 0.1) is 27.7 Å². The predicted octanol–water partition coefficient (Wildman–Crippen LogP) is 3.41. The summed E-state index contributed by atoms with van der Waals surface area (Å²) in [7, 11) is 4.13. The molecule has 84 valence electrons. The van der Waals surface area contributed by atoms with E-state index in [0.717, 1.165) is 0 Å². The van der Waals surface area contributed by atoms with E-state index in [1.807, 2.05) is 0 Å². The standard InChI is InChI=1S/C13H21NS/c1-8-7-9(2)11(4)12(10(8)3)13(15)14(5)6/h7,13,15H,1-6H3. The number of aryl methyl sites for hydroxylation is 2. The average molecular weight is 223 g/mol. The molecule has 1 atom stereocenters. The maximum absolute atomic E-state index is 4.67. The van der Waals surface area contributed by atoms with Crippen molar-refractivity contribution < 1.29 is 0 Å². The molecule has 0 aliphatic rings. The predicted molar refractivity (Wildman–Crippen MR) is 70.8 cm³/mol. The van der Waals surface area contributed by atoms with Gasteiger partial charge in [0.1, 0.15) is 0 Å². The molecule has 0 aliphatic carbocycles. The number of benzene rings is 1. The number of rotatable bonds is 2. The zero-order valence-electron chi connectivity index (χ0n) is 10.5. The molecule has 0 aliphatic heterocycles. The molecule has 0 bridgehead atoms. The summed E-state index contributed by atoms with van der Waals surface area (Å²) in [6.07, 6.45) is 0. The molecule has 1 rings (SSSR count). The zero-order valence-corrected chi connectivity index (χ0v) is 11.4. The van der Waals surface area contributed by atoms with Gasteiger partial charge in [0.05, 0.1) is 5.37 Å². The van der Waals surface area contributed by atoms with Crippen molar-refractivity contribution >= 4 is 12.6 Å². The first-order valence-corrected chi connectivity index (χ1v) is 5.79. The van der Waals surface area contributed by atoms with Gasteiger partial charge in [-0.2, -0.15) is 12.6 Å². The highest BCUT2D eigenvalue weighted by atomic mass is 32.1. The van der Waals surface area contributed by atoms with E-state index >= 15 is 0 Å². The summed E-state index contributed by atoms with van der Waals surface area (Å²) >= 11 is 4.67. The first-order valence-electron chi connectivity index (χ1n) is 5.28. The van der Waals surface area contributed by atoms with Crippen LogP contribution in [0.4, 0.5) is 0 Å². The lowest BCUT2D eigenvalue weighted by molar-refractivity contribution is 0.391. The van der Waals surface area contributed by atoms with Crippen molar-refractivity contribution in [3.8, 4) is 0 Å². The van der Waals surface area contributed by atoms with Crippen molar-refractivity contribution in [2.75, 3.05) is 14.1 Å². The summed E-state index contributed by atoms with van der Waals surface area (Å²) in [5.41, 5.74) is 6.81. The molecule has 0 amide bonds. The second-order valence-electron chi connectivity index (χ2n) is 4.51. The van der Waals surface area contributed by atoms with Gasteiger partial charge in [-0.1, -0.05) is 6.07 Å². The first kappa shape index (κ1) is 12.6. The van der Waals surface area contributed by atoms with E-state index in [4.69, 9.17) is 0 Å². The Morgan fingerprint density at radius 2 is 1.40 bits per heavy atom. The number of thiol groups is 1. The van der Waals surface area contributed by atoms with Crippen molar-refractivity contribution in [1.82, 2.24) is 4.90 Å². The van der Waals surface area contributed by atoms with Gasteiger partial charge >= 0.3 is 0 Å². The van der Waals surface area contributed by atoms with Crippen LogP contribution in [0.15, 0.2) is 6.07 Å². The van der Waals surface area contributed by atoms with Crippen molar-refractivity contribution in [3.63, 3.8) is 0 Å². The lowest BCUT2D eigenvalue weighted by atomic mass is 9.94. The highest BCUT2D eigenvalue weighted by Crippen LogP contribution is 2.31. The highest BCUT2D eigenvalue weighted by Gasteiger charge is 2.16. The molecule has 0 spiro atoms. The second-order valence-corrected chi connectivity index (χ2v) is 5.00. The summed E-state index contributed by atoms with van der Waals surface area (Å²) in [5, 5.41) is 0.184. The lowest BCUT2D eigenvalue weighted by Crippen LogP contribution is -2.17. The van der Waals surface area contributed by atoms with Crippen LogP contribution in [-0.2, 0) is 0 Å². The quantitative estimate of drug-likeness (QED) is 0.594. The first-order chi connectivity index (χ1) is 6.86. The van der Waals surface area contributed by atoms with Gasteiger partial charge in [-0.3, -0.25) is 4.90 Å². The van der Waals surface area contributed by atoms with Crippen LogP contribution in [-0.4, -0.2) is 19.0 Å². The molecule has 1 aromatic carbocycles. The maximum atomic E-state index is 4.67. The third-order valence-electron chi connectivity index (χ3n) is 3.17. The molecule has 0 saturated heterocycles.